The molecule has 17 aromatic carbocycles. The molecule has 5 aromatic heterocycles. The molecule has 107 heavy (non-hydrogen) atoms. The van der Waals surface area contributed by atoms with Crippen LogP contribution in [-0.4, -0.2) is 22.8 Å². The summed E-state index contributed by atoms with van der Waals surface area (Å²) in [6, 6.07) is 146. The molecule has 5 heterocycles. The van der Waals surface area contributed by atoms with Crippen LogP contribution in [0.4, 0.5) is 0 Å². The van der Waals surface area contributed by atoms with Gasteiger partial charge in [-0.1, -0.05) is 231 Å². The van der Waals surface area contributed by atoms with Gasteiger partial charge in [0.05, 0.1) is 55.2 Å². The summed E-state index contributed by atoms with van der Waals surface area (Å²) >= 11 is 0. The fraction of sp³-hybridized carbons (Fsp3) is 0. The minimum atomic E-state index is 1.12. The van der Waals surface area contributed by atoms with Crippen LogP contribution in [0.3, 0.4) is 0 Å². The second kappa shape index (κ2) is 24.2. The van der Waals surface area contributed by atoms with E-state index in [9.17, 15) is 0 Å². The highest BCUT2D eigenvalue weighted by atomic mass is 15.0. The number of rotatable bonds is 11. The Balaban J connectivity index is 0.591. The van der Waals surface area contributed by atoms with Gasteiger partial charge in [0.1, 0.15) is 0 Å². The van der Waals surface area contributed by atoms with E-state index in [0.29, 0.717) is 0 Å². The molecule has 0 saturated heterocycles. The van der Waals surface area contributed by atoms with E-state index in [1.54, 1.807) is 0 Å². The molecule has 0 aliphatic heterocycles. The Bertz CT molecular complexity index is 7310. The Morgan fingerprint density at radius 2 is 0.308 bits per heavy atom. The van der Waals surface area contributed by atoms with Crippen molar-refractivity contribution in [2.45, 2.75) is 0 Å². The molecular weight excluding hydrogens is 1300 g/mol. The van der Waals surface area contributed by atoms with Gasteiger partial charge < -0.3 is 22.8 Å². The Kier molecular flexibility index (Phi) is 13.6. The molecular formula is C102H65N5. The summed E-state index contributed by atoms with van der Waals surface area (Å²) in [4.78, 5) is 0. The molecule has 0 atom stereocenters. The molecule has 22 rings (SSSR count). The first-order valence-corrected chi connectivity index (χ1v) is 36.9. The minimum absolute atomic E-state index is 1.12. The largest absolute Gasteiger partial charge is 0.309 e. The second-order valence-electron chi connectivity index (χ2n) is 28.4. The van der Waals surface area contributed by atoms with Crippen molar-refractivity contribution in [1.29, 1.82) is 0 Å². The zero-order chi connectivity index (χ0) is 70.2. The number of fused-ring (bicyclic) bond motifs is 15. The summed E-state index contributed by atoms with van der Waals surface area (Å²) in [5.41, 5.74) is 31.7. The maximum absolute atomic E-state index is 2.44. The van der Waals surface area contributed by atoms with Gasteiger partial charge in [-0.2, -0.15) is 0 Å². The lowest BCUT2D eigenvalue weighted by Gasteiger charge is -2.11. The topological polar surface area (TPSA) is 24.6 Å². The number of benzene rings is 17. The molecule has 0 bridgehead atoms. The Morgan fingerprint density at radius 3 is 0.664 bits per heavy atom. The van der Waals surface area contributed by atoms with Crippen molar-refractivity contribution in [3.63, 3.8) is 0 Å². The number of nitrogens with zero attached hydrogens (tertiary/aromatic N) is 5. The molecule has 0 aliphatic carbocycles. The van der Waals surface area contributed by atoms with Crippen molar-refractivity contribution in [3.05, 3.63) is 394 Å². The van der Waals surface area contributed by atoms with Gasteiger partial charge in [0.25, 0.3) is 0 Å². The zero-order valence-corrected chi connectivity index (χ0v) is 58.3. The van der Waals surface area contributed by atoms with E-state index in [1.165, 1.54) is 159 Å². The normalized spacial score (nSPS) is 11.9. The van der Waals surface area contributed by atoms with E-state index in [0.717, 1.165) is 45.1 Å². The van der Waals surface area contributed by atoms with Gasteiger partial charge in [-0.15, -0.1) is 0 Å². The van der Waals surface area contributed by atoms with Crippen LogP contribution in [0.2, 0.25) is 0 Å². The molecule has 0 spiro atoms. The SMILES string of the molecule is c1ccc(-c2ccc(-n3c4ccccc4c4cc(-c5ccc6c(c5)c5ccccc5n6-c5ccc(-c6cccc(-c7ccc8c9cc(-c%10ccc%11c(c%10)c%10cc(-c%12ccc%13c(c%12)c%12ccccc%12n%13-c%12ccccc%12)ccc%10n%11-c%10ccccc%10)ccc9n(-c9ccccc9)c8c7)c6)cc5)ccc43)cc2)cc1. The van der Waals surface area contributed by atoms with Crippen LogP contribution in [0.15, 0.2) is 394 Å². The van der Waals surface area contributed by atoms with Crippen LogP contribution in [0.25, 0.3) is 204 Å². The van der Waals surface area contributed by atoms with Gasteiger partial charge in [0.2, 0.25) is 0 Å². The fourth-order valence-electron chi connectivity index (χ4n) is 17.5. The highest BCUT2D eigenvalue weighted by Gasteiger charge is 2.22. The Labute approximate surface area is 617 Å². The van der Waals surface area contributed by atoms with Crippen LogP contribution >= 0.6 is 0 Å². The molecule has 498 valence electrons. The van der Waals surface area contributed by atoms with Gasteiger partial charge in [-0.25, -0.2) is 0 Å². The molecule has 0 amide bonds. The van der Waals surface area contributed by atoms with Crippen molar-refractivity contribution in [2.24, 2.45) is 0 Å². The lowest BCUT2D eigenvalue weighted by molar-refractivity contribution is 1.18. The molecule has 5 heteroatoms. The lowest BCUT2D eigenvalue weighted by Crippen LogP contribution is -1.94. The highest BCUT2D eigenvalue weighted by molar-refractivity contribution is 6.17. The van der Waals surface area contributed by atoms with E-state index < -0.39 is 0 Å². The first-order valence-electron chi connectivity index (χ1n) is 36.9. The first kappa shape index (κ1) is 60.3. The third-order valence-corrected chi connectivity index (χ3v) is 22.5. The Morgan fingerprint density at radius 1 is 0.103 bits per heavy atom. The van der Waals surface area contributed by atoms with E-state index in [-0.39, 0.29) is 0 Å². The summed E-state index contributed by atoms with van der Waals surface area (Å²) in [5.74, 6) is 0. The predicted molar refractivity (Wildman–Crippen MR) is 451 cm³/mol. The molecule has 0 aliphatic rings. The zero-order valence-electron chi connectivity index (χ0n) is 58.3. The maximum atomic E-state index is 2.44. The van der Waals surface area contributed by atoms with Crippen LogP contribution in [-0.2, 0) is 0 Å². The molecule has 0 N–H and O–H groups in total. The Hall–Kier alpha value is -14.3. The number of hydrogen-bond donors (Lipinski definition) is 0. The predicted octanol–water partition coefficient (Wildman–Crippen LogP) is 27.2. The quantitative estimate of drug-likeness (QED) is 0.123. The van der Waals surface area contributed by atoms with Gasteiger partial charge in [0.15, 0.2) is 0 Å². The van der Waals surface area contributed by atoms with E-state index >= 15 is 0 Å². The lowest BCUT2D eigenvalue weighted by atomic mass is 9.97. The van der Waals surface area contributed by atoms with Crippen molar-refractivity contribution >= 4 is 109 Å². The van der Waals surface area contributed by atoms with E-state index in [1.807, 2.05) is 0 Å². The van der Waals surface area contributed by atoms with Crippen LogP contribution in [0.5, 0.6) is 0 Å². The van der Waals surface area contributed by atoms with Crippen molar-refractivity contribution < 1.29 is 0 Å². The number of hydrogen-bond acceptors (Lipinski definition) is 0. The average Bonchev–Trinajstić information content (AvgIpc) is 1.59. The molecule has 5 nitrogen and oxygen atoms in total. The van der Waals surface area contributed by atoms with Gasteiger partial charge in [-0.05, 0) is 231 Å². The molecule has 22 aromatic rings. The summed E-state index contributed by atoms with van der Waals surface area (Å²) in [6.07, 6.45) is 0. The summed E-state index contributed by atoms with van der Waals surface area (Å²) in [6.45, 7) is 0. The number of aromatic nitrogens is 5. The van der Waals surface area contributed by atoms with E-state index in [4.69, 9.17) is 0 Å². The summed E-state index contributed by atoms with van der Waals surface area (Å²) < 4.78 is 12.1. The van der Waals surface area contributed by atoms with Crippen LogP contribution < -0.4 is 0 Å². The minimum Gasteiger partial charge on any atom is -0.309 e. The summed E-state index contributed by atoms with van der Waals surface area (Å²) in [5, 5.41) is 12.3. The van der Waals surface area contributed by atoms with Crippen LogP contribution in [0.1, 0.15) is 0 Å². The van der Waals surface area contributed by atoms with Crippen molar-refractivity contribution in [1.82, 2.24) is 22.8 Å². The number of para-hydroxylation sites is 6. The molecule has 0 unspecified atom stereocenters. The molecule has 0 fully saturated rings. The van der Waals surface area contributed by atoms with E-state index in [2.05, 4.69) is 417 Å². The third kappa shape index (κ3) is 9.72. The van der Waals surface area contributed by atoms with Gasteiger partial charge in [0, 0.05) is 82.3 Å². The van der Waals surface area contributed by atoms with Crippen molar-refractivity contribution in [2.75, 3.05) is 0 Å². The van der Waals surface area contributed by atoms with Gasteiger partial charge >= 0.3 is 0 Å². The highest BCUT2D eigenvalue weighted by Crippen LogP contribution is 2.45. The third-order valence-electron chi connectivity index (χ3n) is 22.5. The molecule has 0 saturated carbocycles. The standard InChI is InChI=1S/C102H65N5/c1-5-20-66(21-6-1)67-36-47-81(48-37-67)105-94-34-17-14-31-84(94)88-59-71(42-53-97(88)105)72-43-54-98-89(60-72)85-32-15-18-35-95(85)106(98)82-49-38-68(39-50-82)69-22-19-23-70(58-69)77-40-51-86-90-62-74(44-55-99(90)107(102(86)65-77)80-28-11-4-12-29-80)76-46-57-101-92(64-76)91-63-75(45-56-100(91)104(101)79-26-9-3-10-27-79)73-41-52-96-87(61-73)83-30-13-16-33-93(83)103(96)78-24-7-2-8-25-78/h1-65H. The maximum Gasteiger partial charge on any atom is 0.0547 e. The first-order chi connectivity index (χ1) is 53.0. The second-order valence-corrected chi connectivity index (χ2v) is 28.4. The van der Waals surface area contributed by atoms with Crippen LogP contribution in [0, 0.1) is 0 Å². The molecule has 0 radical (unpaired) electrons. The monoisotopic (exact) mass is 1360 g/mol. The average molecular weight is 1360 g/mol. The van der Waals surface area contributed by atoms with Crippen molar-refractivity contribution in [3.8, 4) is 95.2 Å². The smallest absolute Gasteiger partial charge is 0.0547 e. The van der Waals surface area contributed by atoms with Gasteiger partial charge in [-0.3, -0.25) is 0 Å². The summed E-state index contributed by atoms with van der Waals surface area (Å²) in [7, 11) is 0. The fourth-order valence-corrected chi connectivity index (χ4v) is 17.5.